The van der Waals surface area contributed by atoms with Crippen molar-refractivity contribution in [1.29, 1.82) is 0 Å². The van der Waals surface area contributed by atoms with E-state index in [0.29, 0.717) is 16.0 Å². The van der Waals surface area contributed by atoms with E-state index in [9.17, 15) is 13.2 Å². The first-order chi connectivity index (χ1) is 16.4. The number of benzene rings is 2. The summed E-state index contributed by atoms with van der Waals surface area (Å²) in [6, 6.07) is 21.5. The number of allylic oxidation sites excluding steroid dienone is 5. The Hall–Kier alpha value is -2.21. The maximum absolute atomic E-state index is 10.7. The molecule has 0 fully saturated rings. The molecule has 0 heterocycles. The molecule has 0 aliphatic heterocycles. The molecule has 8 heteroatoms. The molecule has 2 aromatic carbocycles. The van der Waals surface area contributed by atoms with E-state index < -0.39 is 23.5 Å². The second kappa shape index (κ2) is 11.5. The lowest BCUT2D eigenvalue weighted by atomic mass is 9.91. The summed E-state index contributed by atoms with van der Waals surface area (Å²) in [5, 5.41) is 0.705. The van der Waals surface area contributed by atoms with Crippen molar-refractivity contribution >= 4 is 23.6 Å². The Labute approximate surface area is 214 Å². The third-order valence-corrected chi connectivity index (χ3v) is 10.5. The highest BCUT2D eigenvalue weighted by Gasteiger charge is 2.46. The fraction of sp³-hybridized carbons (Fsp3) is 0.357. The maximum atomic E-state index is 10.7. The molecule has 3 rings (SSSR count). The van der Waals surface area contributed by atoms with Gasteiger partial charge < -0.3 is 4.55 Å². The molecule has 0 aromatic heterocycles. The van der Waals surface area contributed by atoms with Crippen LogP contribution in [-0.2, 0) is 10.1 Å². The van der Waals surface area contributed by atoms with Crippen molar-refractivity contribution < 1.29 is 26.1 Å². The van der Waals surface area contributed by atoms with Crippen LogP contribution in [0.3, 0.4) is 0 Å². The van der Waals surface area contributed by atoms with Crippen LogP contribution in [0.4, 0.5) is 13.2 Å². The highest BCUT2D eigenvalue weighted by molar-refractivity contribution is 7.86. The highest BCUT2D eigenvalue weighted by Crippen LogP contribution is 2.63. The van der Waals surface area contributed by atoms with Crippen LogP contribution in [-0.4, -0.2) is 34.5 Å². The van der Waals surface area contributed by atoms with Gasteiger partial charge in [0.05, 0.1) is 10.3 Å². The van der Waals surface area contributed by atoms with Crippen LogP contribution in [0.2, 0.25) is 0 Å². The molecular formula is C28H34F3O3PS. The first kappa shape index (κ1) is 30.0. The Morgan fingerprint density at radius 3 is 1.36 bits per heavy atom. The molecule has 0 saturated carbocycles. The Morgan fingerprint density at radius 2 is 1.08 bits per heavy atom. The molecule has 0 N–H and O–H groups in total. The van der Waals surface area contributed by atoms with Gasteiger partial charge in [0.2, 0.25) is 0 Å². The maximum Gasteiger partial charge on any atom is 0.485 e. The lowest BCUT2D eigenvalue weighted by Crippen LogP contribution is -2.30. The molecule has 196 valence electrons. The fourth-order valence-corrected chi connectivity index (χ4v) is 9.56. The Bertz CT molecular complexity index is 1130. The van der Waals surface area contributed by atoms with E-state index in [0.717, 1.165) is 0 Å². The average Bonchev–Trinajstić information content (AvgIpc) is 2.74. The number of alkyl halides is 3. The quantitative estimate of drug-likeness (QED) is 0.227. The van der Waals surface area contributed by atoms with Crippen molar-refractivity contribution in [2.75, 3.05) is 0 Å². The standard InChI is InChI=1S/C27H33P.CHF3O3S/c1-26(2,3)28(27(4,5)6)24-19-17-23(18-20-24)25(21-13-9-7-10-14-21)22-15-11-8-12-16-22;2-1(3,4)8(5,6)7/h7-20,24H,1-6H3;(H,5,6,7). The van der Waals surface area contributed by atoms with Gasteiger partial charge in [0, 0.05) is 7.92 Å². The van der Waals surface area contributed by atoms with Gasteiger partial charge in [-0.2, -0.15) is 13.2 Å². The van der Waals surface area contributed by atoms with E-state index in [1.54, 1.807) is 0 Å². The molecule has 0 bridgehead atoms. The Kier molecular flexibility index (Phi) is 9.55. The molecule has 3 nitrogen and oxygen atoms in total. The van der Waals surface area contributed by atoms with Crippen LogP contribution in [0.15, 0.2) is 90.5 Å². The molecule has 0 unspecified atom stereocenters. The average molecular weight is 539 g/mol. The zero-order valence-corrected chi connectivity index (χ0v) is 23.2. The molecule has 1 aliphatic rings. The van der Waals surface area contributed by atoms with Crippen molar-refractivity contribution in [2.45, 2.75) is 63.0 Å². The number of hydrogen-bond acceptors (Lipinski definition) is 3. The number of halogens is 3. The minimum Gasteiger partial charge on any atom is -0.741 e. The molecule has 0 amide bonds. The summed E-state index contributed by atoms with van der Waals surface area (Å²) < 4.78 is 58.9. The Morgan fingerprint density at radius 1 is 0.750 bits per heavy atom. The van der Waals surface area contributed by atoms with Crippen molar-refractivity contribution in [3.63, 3.8) is 0 Å². The van der Waals surface area contributed by atoms with Crippen LogP contribution in [0, 0.1) is 0 Å². The summed E-state index contributed by atoms with van der Waals surface area (Å²) in [6.07, 6.45) is 9.66. The highest BCUT2D eigenvalue weighted by atomic mass is 32.2. The SMILES string of the molecule is CC(C)(C)[PH+](C1C=CC(=C(c2ccccc2)c2ccccc2)C=C1)C(C)(C)C.O=S(=O)([O-])C(F)(F)F. The van der Waals surface area contributed by atoms with Crippen LogP contribution in [0.5, 0.6) is 0 Å². The van der Waals surface area contributed by atoms with Gasteiger partial charge in [-0.05, 0) is 76.0 Å². The summed E-state index contributed by atoms with van der Waals surface area (Å²) in [6.45, 7) is 14.5. The van der Waals surface area contributed by atoms with Crippen molar-refractivity contribution in [1.82, 2.24) is 0 Å². The smallest absolute Gasteiger partial charge is 0.485 e. The van der Waals surface area contributed by atoms with Crippen molar-refractivity contribution in [3.05, 3.63) is 102 Å². The first-order valence-electron chi connectivity index (χ1n) is 11.5. The Balaban J connectivity index is 0.000000493. The minimum atomic E-state index is -6.09. The second-order valence-electron chi connectivity index (χ2n) is 10.6. The van der Waals surface area contributed by atoms with Gasteiger partial charge in [-0.15, -0.1) is 0 Å². The summed E-state index contributed by atoms with van der Waals surface area (Å²) in [5.74, 6) is 0. The van der Waals surface area contributed by atoms with Gasteiger partial charge in [-0.3, -0.25) is 0 Å². The predicted molar refractivity (Wildman–Crippen MR) is 145 cm³/mol. The first-order valence-corrected chi connectivity index (χ1v) is 14.5. The molecular weight excluding hydrogens is 504 g/mol. The predicted octanol–water partition coefficient (Wildman–Crippen LogP) is 7.85. The summed E-state index contributed by atoms with van der Waals surface area (Å²) in [4.78, 5) is 0. The zero-order chi connectivity index (χ0) is 27.4. The van der Waals surface area contributed by atoms with E-state index in [2.05, 4.69) is 127 Å². The van der Waals surface area contributed by atoms with Crippen LogP contribution >= 0.6 is 7.92 Å². The van der Waals surface area contributed by atoms with Crippen LogP contribution < -0.4 is 0 Å². The van der Waals surface area contributed by atoms with E-state index in [4.69, 9.17) is 13.0 Å². The zero-order valence-electron chi connectivity index (χ0n) is 21.4. The van der Waals surface area contributed by atoms with E-state index in [1.165, 1.54) is 22.3 Å². The van der Waals surface area contributed by atoms with E-state index >= 15 is 0 Å². The lowest BCUT2D eigenvalue weighted by molar-refractivity contribution is -0.0517. The van der Waals surface area contributed by atoms with Crippen LogP contribution in [0.1, 0.15) is 52.7 Å². The van der Waals surface area contributed by atoms with Gasteiger partial charge in [0.25, 0.3) is 0 Å². The minimum absolute atomic E-state index is 0.352. The van der Waals surface area contributed by atoms with Gasteiger partial charge in [0.1, 0.15) is 5.66 Å². The molecule has 0 radical (unpaired) electrons. The van der Waals surface area contributed by atoms with Crippen molar-refractivity contribution in [2.24, 2.45) is 0 Å². The topological polar surface area (TPSA) is 57.2 Å². The molecule has 2 aromatic rings. The van der Waals surface area contributed by atoms with Gasteiger partial charge in [-0.1, -0.05) is 72.8 Å². The van der Waals surface area contributed by atoms with Gasteiger partial charge in [0.15, 0.2) is 10.1 Å². The van der Waals surface area contributed by atoms with Crippen LogP contribution in [0.25, 0.3) is 5.57 Å². The summed E-state index contributed by atoms with van der Waals surface area (Å²) >= 11 is 0. The lowest BCUT2D eigenvalue weighted by Gasteiger charge is -2.37. The van der Waals surface area contributed by atoms with E-state index in [-0.39, 0.29) is 0 Å². The normalized spacial score (nSPS) is 16.5. The fourth-order valence-electron chi connectivity index (χ4n) is 4.73. The third-order valence-electron chi connectivity index (χ3n) is 5.61. The van der Waals surface area contributed by atoms with Gasteiger partial charge in [-0.25, -0.2) is 8.42 Å². The largest absolute Gasteiger partial charge is 0.741 e. The van der Waals surface area contributed by atoms with Crippen molar-refractivity contribution in [3.8, 4) is 0 Å². The number of rotatable bonds is 3. The summed E-state index contributed by atoms with van der Waals surface area (Å²) in [7, 11) is -6.74. The second-order valence-corrected chi connectivity index (χ2v) is 16.5. The molecule has 36 heavy (non-hydrogen) atoms. The molecule has 0 spiro atoms. The third kappa shape index (κ3) is 8.16. The molecule has 0 atom stereocenters. The summed E-state index contributed by atoms with van der Waals surface area (Å²) in [5.41, 5.74) is 0.0709. The monoisotopic (exact) mass is 538 g/mol. The van der Waals surface area contributed by atoms with Gasteiger partial charge >= 0.3 is 5.51 Å². The molecule has 0 saturated heterocycles. The number of hydrogen-bond donors (Lipinski definition) is 0. The molecule has 1 aliphatic carbocycles. The van der Waals surface area contributed by atoms with E-state index in [1.807, 2.05) is 0 Å².